The van der Waals surface area contributed by atoms with E-state index in [0.717, 1.165) is 12.1 Å². The Hall–Kier alpha value is -2.94. The van der Waals surface area contributed by atoms with Gasteiger partial charge in [0.2, 0.25) is 0 Å². The fraction of sp³-hybridized carbons (Fsp3) is 0. The minimum absolute atomic E-state index is 0.0337. The SMILES string of the molecule is NC(=O)c1n[nH]c2ccc(OS(=O)(=O)c3cccc(F)c3)cc12. The van der Waals surface area contributed by atoms with Crippen LogP contribution in [0.5, 0.6) is 5.75 Å². The third-order valence-corrected chi connectivity index (χ3v) is 4.30. The summed E-state index contributed by atoms with van der Waals surface area (Å²) >= 11 is 0. The Morgan fingerprint density at radius 1 is 1.22 bits per heavy atom. The molecule has 0 saturated heterocycles. The van der Waals surface area contributed by atoms with E-state index in [-0.39, 0.29) is 16.3 Å². The van der Waals surface area contributed by atoms with E-state index in [1.54, 1.807) is 0 Å². The minimum Gasteiger partial charge on any atom is -0.379 e. The monoisotopic (exact) mass is 335 g/mol. The van der Waals surface area contributed by atoms with Crippen LogP contribution in [0.1, 0.15) is 10.5 Å². The molecule has 3 rings (SSSR count). The summed E-state index contributed by atoms with van der Waals surface area (Å²) in [7, 11) is -4.21. The molecule has 1 amide bonds. The van der Waals surface area contributed by atoms with Crippen molar-refractivity contribution < 1.29 is 21.8 Å². The quantitative estimate of drug-likeness (QED) is 0.702. The summed E-state index contributed by atoms with van der Waals surface area (Å²) in [5, 5.41) is 6.66. The number of hydrogen-bond donors (Lipinski definition) is 2. The number of carbonyl (C=O) groups is 1. The number of amides is 1. The molecule has 0 atom stereocenters. The minimum atomic E-state index is -4.21. The summed E-state index contributed by atoms with van der Waals surface area (Å²) in [5.41, 5.74) is 5.65. The van der Waals surface area contributed by atoms with Gasteiger partial charge in [0.15, 0.2) is 5.69 Å². The molecule has 3 aromatic rings. The molecule has 0 radical (unpaired) electrons. The Balaban J connectivity index is 2.01. The lowest BCUT2D eigenvalue weighted by molar-refractivity contribution is 0.0997. The molecular weight excluding hydrogens is 325 g/mol. The molecular formula is C14H10FN3O4S. The molecule has 2 aromatic carbocycles. The number of H-pyrrole nitrogens is 1. The van der Waals surface area contributed by atoms with Crippen LogP contribution in [0.3, 0.4) is 0 Å². The second-order valence-corrected chi connectivity index (χ2v) is 6.19. The van der Waals surface area contributed by atoms with Crippen LogP contribution in [0.15, 0.2) is 47.4 Å². The van der Waals surface area contributed by atoms with E-state index in [1.165, 1.54) is 30.3 Å². The van der Waals surface area contributed by atoms with Crippen LogP contribution in [0.2, 0.25) is 0 Å². The normalized spacial score (nSPS) is 11.5. The molecule has 23 heavy (non-hydrogen) atoms. The molecule has 7 nitrogen and oxygen atoms in total. The third kappa shape index (κ3) is 2.86. The zero-order chi connectivity index (χ0) is 16.6. The van der Waals surface area contributed by atoms with Crippen molar-refractivity contribution in [3.63, 3.8) is 0 Å². The maximum Gasteiger partial charge on any atom is 0.339 e. The molecule has 0 saturated carbocycles. The smallest absolute Gasteiger partial charge is 0.339 e. The van der Waals surface area contributed by atoms with Crippen LogP contribution in [-0.2, 0) is 10.1 Å². The average Bonchev–Trinajstić information content (AvgIpc) is 2.90. The molecule has 0 fully saturated rings. The standard InChI is InChI=1S/C14H10FN3O4S/c15-8-2-1-3-10(6-8)23(20,21)22-9-4-5-12-11(7-9)13(14(16)19)18-17-12/h1-7H,(H2,16,19)(H,17,18). The van der Waals surface area contributed by atoms with Crippen molar-refractivity contribution in [2.45, 2.75) is 4.90 Å². The maximum atomic E-state index is 13.2. The van der Waals surface area contributed by atoms with E-state index in [4.69, 9.17) is 9.92 Å². The Bertz CT molecular complexity index is 1010. The van der Waals surface area contributed by atoms with E-state index in [0.29, 0.717) is 10.9 Å². The van der Waals surface area contributed by atoms with Gasteiger partial charge in [0.05, 0.1) is 5.52 Å². The predicted molar refractivity (Wildman–Crippen MR) is 78.8 cm³/mol. The fourth-order valence-electron chi connectivity index (χ4n) is 2.03. The molecule has 0 bridgehead atoms. The number of halogens is 1. The summed E-state index contributed by atoms with van der Waals surface area (Å²) in [6.07, 6.45) is 0. The van der Waals surface area contributed by atoms with Crippen LogP contribution < -0.4 is 9.92 Å². The van der Waals surface area contributed by atoms with E-state index in [9.17, 15) is 17.6 Å². The summed E-state index contributed by atoms with van der Waals surface area (Å²) in [6.45, 7) is 0. The van der Waals surface area contributed by atoms with E-state index < -0.39 is 21.8 Å². The van der Waals surface area contributed by atoms with Crippen molar-refractivity contribution >= 4 is 26.9 Å². The zero-order valence-electron chi connectivity index (χ0n) is 11.5. The van der Waals surface area contributed by atoms with Gasteiger partial charge in [-0.1, -0.05) is 6.07 Å². The molecule has 0 aliphatic carbocycles. The maximum absolute atomic E-state index is 13.2. The molecule has 1 heterocycles. The Morgan fingerprint density at radius 2 is 2.00 bits per heavy atom. The number of carbonyl (C=O) groups excluding carboxylic acids is 1. The van der Waals surface area contributed by atoms with Crippen molar-refractivity contribution in [3.05, 3.63) is 54.0 Å². The van der Waals surface area contributed by atoms with Gasteiger partial charge in [0, 0.05) is 5.39 Å². The second kappa shape index (κ2) is 5.36. The van der Waals surface area contributed by atoms with Gasteiger partial charge >= 0.3 is 10.1 Å². The van der Waals surface area contributed by atoms with Gasteiger partial charge in [-0.15, -0.1) is 0 Å². The van der Waals surface area contributed by atoms with Crippen LogP contribution in [0.4, 0.5) is 4.39 Å². The number of nitrogens with two attached hydrogens (primary N) is 1. The number of primary amides is 1. The first-order chi connectivity index (χ1) is 10.9. The molecule has 0 spiro atoms. The first-order valence-corrected chi connectivity index (χ1v) is 7.75. The number of fused-ring (bicyclic) bond motifs is 1. The number of nitrogens with one attached hydrogen (secondary N) is 1. The lowest BCUT2D eigenvalue weighted by Gasteiger charge is -2.07. The van der Waals surface area contributed by atoms with Gasteiger partial charge in [-0.3, -0.25) is 9.89 Å². The number of nitrogens with zero attached hydrogens (tertiary/aromatic N) is 1. The van der Waals surface area contributed by atoms with Crippen LogP contribution >= 0.6 is 0 Å². The molecule has 0 aliphatic heterocycles. The third-order valence-electron chi connectivity index (χ3n) is 3.06. The van der Waals surface area contributed by atoms with E-state index in [2.05, 4.69) is 10.2 Å². The predicted octanol–water partition coefficient (Wildman–Crippen LogP) is 1.57. The number of rotatable bonds is 4. The summed E-state index contributed by atoms with van der Waals surface area (Å²) in [6, 6.07) is 8.62. The van der Waals surface area contributed by atoms with Gasteiger partial charge in [-0.05, 0) is 36.4 Å². The fourth-order valence-corrected chi connectivity index (χ4v) is 2.99. The highest BCUT2D eigenvalue weighted by Crippen LogP contribution is 2.25. The summed E-state index contributed by atoms with van der Waals surface area (Å²) in [4.78, 5) is 11.0. The van der Waals surface area contributed by atoms with Gasteiger partial charge in [-0.25, -0.2) is 4.39 Å². The number of aromatic amines is 1. The summed E-state index contributed by atoms with van der Waals surface area (Å²) in [5.74, 6) is -1.51. The van der Waals surface area contributed by atoms with E-state index in [1.807, 2.05) is 0 Å². The molecule has 9 heteroatoms. The number of aromatic nitrogens is 2. The van der Waals surface area contributed by atoms with Crippen molar-refractivity contribution in [2.75, 3.05) is 0 Å². The Morgan fingerprint density at radius 3 is 2.70 bits per heavy atom. The first kappa shape index (κ1) is 15.0. The lowest BCUT2D eigenvalue weighted by atomic mass is 10.2. The first-order valence-electron chi connectivity index (χ1n) is 6.35. The van der Waals surface area contributed by atoms with Crippen molar-refractivity contribution in [1.82, 2.24) is 10.2 Å². The average molecular weight is 335 g/mol. The van der Waals surface area contributed by atoms with Gasteiger partial charge in [-0.2, -0.15) is 13.5 Å². The summed E-state index contributed by atoms with van der Waals surface area (Å²) < 4.78 is 42.4. The highest BCUT2D eigenvalue weighted by Gasteiger charge is 2.19. The second-order valence-electron chi connectivity index (χ2n) is 4.64. The lowest BCUT2D eigenvalue weighted by Crippen LogP contribution is -2.12. The van der Waals surface area contributed by atoms with Crippen molar-refractivity contribution in [1.29, 1.82) is 0 Å². The largest absolute Gasteiger partial charge is 0.379 e. The van der Waals surface area contributed by atoms with Crippen LogP contribution in [-0.4, -0.2) is 24.5 Å². The Labute approximate surface area is 130 Å². The number of benzene rings is 2. The topological polar surface area (TPSA) is 115 Å². The van der Waals surface area contributed by atoms with Gasteiger partial charge < -0.3 is 9.92 Å². The number of hydrogen-bond acceptors (Lipinski definition) is 5. The molecule has 1 aromatic heterocycles. The highest BCUT2D eigenvalue weighted by molar-refractivity contribution is 7.87. The highest BCUT2D eigenvalue weighted by atomic mass is 32.2. The molecule has 3 N–H and O–H groups in total. The zero-order valence-corrected chi connectivity index (χ0v) is 12.3. The Kier molecular flexibility index (Phi) is 3.49. The molecule has 118 valence electrons. The van der Waals surface area contributed by atoms with Crippen molar-refractivity contribution in [2.24, 2.45) is 5.73 Å². The molecule has 0 aliphatic rings. The van der Waals surface area contributed by atoms with Crippen molar-refractivity contribution in [3.8, 4) is 5.75 Å². The van der Waals surface area contributed by atoms with Gasteiger partial charge in [0.1, 0.15) is 16.5 Å². The van der Waals surface area contributed by atoms with Gasteiger partial charge in [0.25, 0.3) is 5.91 Å². The van der Waals surface area contributed by atoms with E-state index >= 15 is 0 Å². The van der Waals surface area contributed by atoms with Crippen LogP contribution in [0.25, 0.3) is 10.9 Å². The van der Waals surface area contributed by atoms with Crippen LogP contribution in [0, 0.1) is 5.82 Å². The molecule has 0 unspecified atom stereocenters.